The van der Waals surface area contributed by atoms with Crippen LogP contribution in [-0.2, 0) is 13.0 Å². The quantitative estimate of drug-likeness (QED) is 0.379. The van der Waals surface area contributed by atoms with Crippen molar-refractivity contribution in [2.75, 3.05) is 27.6 Å². The van der Waals surface area contributed by atoms with E-state index in [0.717, 1.165) is 15.7 Å². The average molecular weight is 504 g/mol. The van der Waals surface area contributed by atoms with E-state index >= 15 is 0 Å². The van der Waals surface area contributed by atoms with Gasteiger partial charge in [0.2, 0.25) is 6.79 Å². The molecule has 0 bridgehead atoms. The summed E-state index contributed by atoms with van der Waals surface area (Å²) in [6.07, 6.45) is 0.584. The van der Waals surface area contributed by atoms with Gasteiger partial charge in [-0.3, -0.25) is 14.2 Å². The zero-order chi connectivity index (χ0) is 25.9. The summed E-state index contributed by atoms with van der Waals surface area (Å²) < 4.78 is 22.3. The molecule has 0 unspecified atom stereocenters. The van der Waals surface area contributed by atoms with Crippen LogP contribution in [0.3, 0.4) is 0 Å². The number of methoxy groups -OCH3 is 2. The van der Waals surface area contributed by atoms with E-state index in [9.17, 15) is 14.4 Å². The number of nitrogens with zero attached hydrogens (tertiary/aromatic N) is 1. The van der Waals surface area contributed by atoms with E-state index in [1.165, 1.54) is 6.07 Å². The summed E-state index contributed by atoms with van der Waals surface area (Å²) in [6.45, 7) is 0.598. The smallest absolute Gasteiger partial charge is 0.329 e. The fraction of sp³-hybridized carbons (Fsp3) is 0.222. The van der Waals surface area contributed by atoms with E-state index in [0.29, 0.717) is 52.4 Å². The minimum absolute atomic E-state index is 0.0686. The third-order valence-corrected chi connectivity index (χ3v) is 6.17. The second-order valence-electron chi connectivity index (χ2n) is 8.46. The molecule has 5 rings (SSSR count). The minimum atomic E-state index is -0.568. The van der Waals surface area contributed by atoms with E-state index in [1.54, 1.807) is 44.6 Å². The third kappa shape index (κ3) is 4.86. The lowest BCUT2D eigenvalue weighted by atomic mass is 10.1. The van der Waals surface area contributed by atoms with Gasteiger partial charge in [-0.25, -0.2) is 4.79 Å². The van der Waals surface area contributed by atoms with Crippen molar-refractivity contribution in [1.29, 1.82) is 0 Å². The van der Waals surface area contributed by atoms with E-state index in [2.05, 4.69) is 10.3 Å². The number of amides is 1. The highest BCUT2D eigenvalue weighted by Crippen LogP contribution is 2.32. The van der Waals surface area contributed by atoms with E-state index in [-0.39, 0.29) is 19.2 Å². The highest BCUT2D eigenvalue weighted by Gasteiger charge is 2.16. The molecule has 1 amide bonds. The molecule has 1 aromatic heterocycles. The SMILES string of the molecule is COc1ccc(CCNC(=O)c2ccc3c(=O)n(Cc4ccc5c(c4)OCO5)c(=O)[nH]c3c2)cc1OC. The van der Waals surface area contributed by atoms with E-state index in [1.807, 2.05) is 18.2 Å². The Hall–Kier alpha value is -4.73. The number of aromatic amines is 1. The summed E-state index contributed by atoms with van der Waals surface area (Å²) >= 11 is 0. The Balaban J connectivity index is 1.30. The van der Waals surface area contributed by atoms with Gasteiger partial charge in [0, 0.05) is 12.1 Å². The van der Waals surface area contributed by atoms with Crippen LogP contribution < -0.4 is 35.5 Å². The lowest BCUT2D eigenvalue weighted by Gasteiger charge is -2.11. The van der Waals surface area contributed by atoms with Crippen LogP contribution in [0.4, 0.5) is 0 Å². The van der Waals surface area contributed by atoms with Crippen molar-refractivity contribution in [2.45, 2.75) is 13.0 Å². The predicted octanol–water partition coefficient (Wildman–Crippen LogP) is 2.46. The molecule has 0 saturated carbocycles. The lowest BCUT2D eigenvalue weighted by Crippen LogP contribution is -2.35. The number of H-pyrrole nitrogens is 1. The van der Waals surface area contributed by atoms with Gasteiger partial charge in [-0.15, -0.1) is 0 Å². The molecule has 10 heteroatoms. The Morgan fingerprint density at radius 3 is 2.54 bits per heavy atom. The molecule has 10 nitrogen and oxygen atoms in total. The topological polar surface area (TPSA) is 121 Å². The molecular formula is C27H25N3O7. The van der Waals surface area contributed by atoms with Gasteiger partial charge in [-0.05, 0) is 60.0 Å². The van der Waals surface area contributed by atoms with Crippen molar-refractivity contribution in [3.8, 4) is 23.0 Å². The van der Waals surface area contributed by atoms with Crippen LogP contribution >= 0.6 is 0 Å². The fourth-order valence-electron chi connectivity index (χ4n) is 4.22. The summed E-state index contributed by atoms with van der Waals surface area (Å²) in [5.41, 5.74) is 1.32. The summed E-state index contributed by atoms with van der Waals surface area (Å²) in [5.74, 6) is 2.14. The van der Waals surface area contributed by atoms with Gasteiger partial charge >= 0.3 is 5.69 Å². The molecule has 0 atom stereocenters. The molecule has 37 heavy (non-hydrogen) atoms. The first-order valence-electron chi connectivity index (χ1n) is 11.6. The minimum Gasteiger partial charge on any atom is -0.493 e. The summed E-state index contributed by atoms with van der Waals surface area (Å²) in [4.78, 5) is 41.2. The molecule has 4 aromatic rings. The number of rotatable bonds is 8. The van der Waals surface area contributed by atoms with Gasteiger partial charge in [0.25, 0.3) is 11.5 Å². The maximum atomic E-state index is 13.1. The number of hydrogen-bond donors (Lipinski definition) is 2. The summed E-state index contributed by atoms with van der Waals surface area (Å²) in [5, 5.41) is 3.17. The van der Waals surface area contributed by atoms with Crippen LogP contribution in [-0.4, -0.2) is 43.0 Å². The third-order valence-electron chi connectivity index (χ3n) is 6.17. The van der Waals surface area contributed by atoms with Crippen molar-refractivity contribution in [2.24, 2.45) is 0 Å². The molecule has 3 aromatic carbocycles. The fourth-order valence-corrected chi connectivity index (χ4v) is 4.22. The molecule has 1 aliphatic heterocycles. The average Bonchev–Trinajstić information content (AvgIpc) is 3.38. The molecule has 0 saturated heterocycles. The normalized spacial score (nSPS) is 11.9. The number of benzene rings is 3. The van der Waals surface area contributed by atoms with Crippen LogP contribution in [0.2, 0.25) is 0 Å². The van der Waals surface area contributed by atoms with Gasteiger partial charge in [0.15, 0.2) is 23.0 Å². The molecule has 0 aliphatic carbocycles. The van der Waals surface area contributed by atoms with Gasteiger partial charge in [-0.2, -0.15) is 0 Å². The first kappa shape index (κ1) is 24.0. The molecule has 0 fully saturated rings. The highest BCUT2D eigenvalue weighted by molar-refractivity contribution is 5.97. The van der Waals surface area contributed by atoms with Crippen LogP contribution in [0.1, 0.15) is 21.5 Å². The lowest BCUT2D eigenvalue weighted by molar-refractivity contribution is 0.0954. The number of nitrogens with one attached hydrogen (secondary N) is 2. The Kier molecular flexibility index (Phi) is 6.55. The maximum absolute atomic E-state index is 13.1. The van der Waals surface area contributed by atoms with Crippen molar-refractivity contribution in [1.82, 2.24) is 14.9 Å². The number of carbonyl (C=O) groups excluding carboxylic acids is 1. The number of hydrogen-bond acceptors (Lipinski definition) is 7. The highest BCUT2D eigenvalue weighted by atomic mass is 16.7. The Bertz CT molecular complexity index is 1610. The summed E-state index contributed by atoms with van der Waals surface area (Å²) in [7, 11) is 3.14. The second kappa shape index (κ2) is 10.1. The molecule has 1 aliphatic rings. The number of aromatic nitrogens is 2. The molecule has 2 N–H and O–H groups in total. The van der Waals surface area contributed by atoms with Crippen LogP contribution in [0.15, 0.2) is 64.2 Å². The number of carbonyl (C=O) groups is 1. The van der Waals surface area contributed by atoms with Crippen LogP contribution in [0, 0.1) is 0 Å². The zero-order valence-corrected chi connectivity index (χ0v) is 20.3. The standard InChI is InChI=1S/C27H25N3O7/c1-34-21-7-3-16(11-23(21)35-2)9-10-28-25(31)18-5-6-19-20(13-18)29-27(33)30(26(19)32)14-17-4-8-22-24(12-17)37-15-36-22/h3-8,11-13H,9-10,14-15H2,1-2H3,(H,28,31)(H,29,33). The molecule has 190 valence electrons. The van der Waals surface area contributed by atoms with Gasteiger partial charge in [-0.1, -0.05) is 12.1 Å². The largest absolute Gasteiger partial charge is 0.493 e. The Labute approximate surface area is 211 Å². The van der Waals surface area contributed by atoms with Gasteiger partial charge in [0.1, 0.15) is 0 Å². The summed E-state index contributed by atoms with van der Waals surface area (Å²) in [6, 6.07) is 15.5. The van der Waals surface area contributed by atoms with Crippen molar-refractivity contribution >= 4 is 16.8 Å². The van der Waals surface area contributed by atoms with Gasteiger partial charge in [0.05, 0.1) is 31.7 Å². The number of fused-ring (bicyclic) bond motifs is 2. The van der Waals surface area contributed by atoms with Crippen molar-refractivity contribution < 1.29 is 23.7 Å². The zero-order valence-electron chi connectivity index (χ0n) is 20.3. The number of ether oxygens (including phenoxy) is 4. The monoisotopic (exact) mass is 503 g/mol. The molecular weight excluding hydrogens is 478 g/mol. The molecule has 0 spiro atoms. The van der Waals surface area contributed by atoms with Crippen molar-refractivity contribution in [3.05, 3.63) is 92.1 Å². The van der Waals surface area contributed by atoms with E-state index < -0.39 is 11.2 Å². The first-order chi connectivity index (χ1) is 18.0. The van der Waals surface area contributed by atoms with Crippen LogP contribution in [0.5, 0.6) is 23.0 Å². The predicted molar refractivity (Wildman–Crippen MR) is 136 cm³/mol. The van der Waals surface area contributed by atoms with Crippen LogP contribution in [0.25, 0.3) is 10.9 Å². The molecule has 2 heterocycles. The maximum Gasteiger partial charge on any atom is 0.329 e. The molecule has 0 radical (unpaired) electrons. The Morgan fingerprint density at radius 1 is 0.946 bits per heavy atom. The van der Waals surface area contributed by atoms with Gasteiger partial charge < -0.3 is 29.2 Å². The Morgan fingerprint density at radius 2 is 1.73 bits per heavy atom. The first-order valence-corrected chi connectivity index (χ1v) is 11.6. The second-order valence-corrected chi connectivity index (χ2v) is 8.46. The van der Waals surface area contributed by atoms with E-state index in [4.69, 9.17) is 18.9 Å². The van der Waals surface area contributed by atoms with Crippen molar-refractivity contribution in [3.63, 3.8) is 0 Å².